The van der Waals surface area contributed by atoms with Crippen LogP contribution >= 0.6 is 11.3 Å². The Bertz CT molecular complexity index is 625. The molecule has 0 aliphatic heterocycles. The predicted octanol–water partition coefficient (Wildman–Crippen LogP) is 3.69. The summed E-state index contributed by atoms with van der Waals surface area (Å²) in [6, 6.07) is 12.3. The second-order valence-corrected chi connectivity index (χ2v) is 6.85. The third-order valence-corrected chi connectivity index (χ3v) is 4.54. The lowest BCUT2D eigenvalue weighted by Crippen LogP contribution is -2.39. The fraction of sp³-hybridized carbons (Fsp3) is 0.421. The van der Waals surface area contributed by atoms with Crippen molar-refractivity contribution < 1.29 is 4.74 Å². The Balaban J connectivity index is 1.87. The first-order chi connectivity index (χ1) is 11.7. The maximum absolute atomic E-state index is 5.26. The molecule has 0 radical (unpaired) electrons. The first-order valence-corrected chi connectivity index (χ1v) is 9.26. The molecule has 0 aliphatic rings. The highest BCUT2D eigenvalue weighted by Crippen LogP contribution is 2.14. The van der Waals surface area contributed by atoms with Crippen molar-refractivity contribution in [2.75, 3.05) is 20.2 Å². The molecule has 1 atom stereocenters. The van der Waals surface area contributed by atoms with Gasteiger partial charge in [-0.1, -0.05) is 25.1 Å². The number of benzene rings is 1. The Morgan fingerprint density at radius 1 is 1.25 bits per heavy atom. The van der Waals surface area contributed by atoms with E-state index in [1.807, 2.05) is 29.5 Å². The molecule has 0 fully saturated rings. The van der Waals surface area contributed by atoms with Crippen LogP contribution in [0.2, 0.25) is 0 Å². The highest BCUT2D eigenvalue weighted by atomic mass is 32.1. The van der Waals surface area contributed by atoms with Crippen molar-refractivity contribution >= 4 is 17.3 Å². The molecule has 2 aromatic rings. The van der Waals surface area contributed by atoms with Crippen LogP contribution in [0.15, 0.2) is 46.8 Å². The predicted molar refractivity (Wildman–Crippen MR) is 103 cm³/mol. The molecular formula is C19H27N3OS. The van der Waals surface area contributed by atoms with Gasteiger partial charge in [0, 0.05) is 18.0 Å². The van der Waals surface area contributed by atoms with Crippen molar-refractivity contribution in [1.82, 2.24) is 10.6 Å². The third kappa shape index (κ3) is 6.24. The fourth-order valence-corrected chi connectivity index (χ4v) is 3.27. The highest BCUT2D eigenvalue weighted by molar-refractivity contribution is 7.09. The zero-order valence-electron chi connectivity index (χ0n) is 14.7. The van der Waals surface area contributed by atoms with Crippen LogP contribution in [0.5, 0.6) is 5.75 Å². The van der Waals surface area contributed by atoms with Crippen LogP contribution in [0.1, 0.15) is 24.3 Å². The molecule has 4 nitrogen and oxygen atoms in total. The van der Waals surface area contributed by atoms with Gasteiger partial charge >= 0.3 is 0 Å². The number of guanidine groups is 1. The SMILES string of the molecule is CCNC(=NCc1cccc(OC)c1)NCC(C)Cc1cccs1. The van der Waals surface area contributed by atoms with Crippen molar-refractivity contribution in [2.24, 2.45) is 10.9 Å². The molecular weight excluding hydrogens is 318 g/mol. The third-order valence-electron chi connectivity index (χ3n) is 3.65. The van der Waals surface area contributed by atoms with Crippen molar-refractivity contribution in [3.8, 4) is 5.75 Å². The Morgan fingerprint density at radius 2 is 2.12 bits per heavy atom. The maximum Gasteiger partial charge on any atom is 0.191 e. The van der Waals surface area contributed by atoms with E-state index in [1.54, 1.807) is 7.11 Å². The number of rotatable bonds is 8. The number of nitrogens with one attached hydrogen (secondary N) is 2. The van der Waals surface area contributed by atoms with Crippen LogP contribution in [0.4, 0.5) is 0 Å². The smallest absolute Gasteiger partial charge is 0.191 e. The molecule has 130 valence electrons. The number of hydrogen-bond acceptors (Lipinski definition) is 3. The number of hydrogen-bond donors (Lipinski definition) is 2. The maximum atomic E-state index is 5.26. The second-order valence-electron chi connectivity index (χ2n) is 5.82. The van der Waals surface area contributed by atoms with E-state index in [0.29, 0.717) is 12.5 Å². The van der Waals surface area contributed by atoms with Crippen molar-refractivity contribution in [3.05, 3.63) is 52.2 Å². The lowest BCUT2D eigenvalue weighted by atomic mass is 10.1. The number of nitrogens with zero attached hydrogens (tertiary/aromatic N) is 1. The van der Waals surface area contributed by atoms with Crippen LogP contribution in [0, 0.1) is 5.92 Å². The molecule has 2 N–H and O–H groups in total. The summed E-state index contributed by atoms with van der Waals surface area (Å²) < 4.78 is 5.26. The Hall–Kier alpha value is -2.01. The second kappa shape index (κ2) is 9.98. The van der Waals surface area contributed by atoms with E-state index >= 15 is 0 Å². The van der Waals surface area contributed by atoms with E-state index in [-0.39, 0.29) is 0 Å². The minimum atomic E-state index is 0.560. The number of thiophene rings is 1. The van der Waals surface area contributed by atoms with Crippen LogP contribution in [-0.2, 0) is 13.0 Å². The van der Waals surface area contributed by atoms with Gasteiger partial charge in [-0.05, 0) is 48.4 Å². The number of ether oxygens (including phenoxy) is 1. The summed E-state index contributed by atoms with van der Waals surface area (Å²) in [5.74, 6) is 2.29. The summed E-state index contributed by atoms with van der Waals surface area (Å²) >= 11 is 1.82. The van der Waals surface area contributed by atoms with E-state index in [4.69, 9.17) is 4.74 Å². The van der Waals surface area contributed by atoms with Crippen molar-refractivity contribution in [3.63, 3.8) is 0 Å². The van der Waals surface area contributed by atoms with E-state index < -0.39 is 0 Å². The molecule has 5 heteroatoms. The lowest BCUT2D eigenvalue weighted by Gasteiger charge is -2.15. The fourth-order valence-electron chi connectivity index (χ4n) is 2.40. The first-order valence-electron chi connectivity index (χ1n) is 8.38. The summed E-state index contributed by atoms with van der Waals surface area (Å²) in [6.45, 7) is 6.73. The van der Waals surface area contributed by atoms with Gasteiger partial charge < -0.3 is 15.4 Å². The molecule has 2 rings (SSSR count). The zero-order valence-corrected chi connectivity index (χ0v) is 15.5. The monoisotopic (exact) mass is 345 g/mol. The quantitative estimate of drug-likeness (QED) is 0.566. The zero-order chi connectivity index (χ0) is 17.2. The van der Waals surface area contributed by atoms with Gasteiger partial charge in [0.2, 0.25) is 0 Å². The van der Waals surface area contributed by atoms with Gasteiger partial charge in [-0.15, -0.1) is 11.3 Å². The lowest BCUT2D eigenvalue weighted by molar-refractivity contribution is 0.414. The molecule has 1 heterocycles. The topological polar surface area (TPSA) is 45.7 Å². The van der Waals surface area contributed by atoms with Crippen LogP contribution < -0.4 is 15.4 Å². The molecule has 1 unspecified atom stereocenters. The summed E-state index contributed by atoms with van der Waals surface area (Å²) in [4.78, 5) is 6.10. The molecule has 1 aromatic carbocycles. The molecule has 0 saturated carbocycles. The molecule has 0 aliphatic carbocycles. The van der Waals surface area contributed by atoms with Gasteiger partial charge in [0.25, 0.3) is 0 Å². The number of aliphatic imine (C=N–C) groups is 1. The van der Waals surface area contributed by atoms with E-state index in [2.05, 4.69) is 53.1 Å². The Labute approximate surface area is 149 Å². The first kappa shape index (κ1) is 18.3. The van der Waals surface area contributed by atoms with E-state index in [1.165, 1.54) is 4.88 Å². The average molecular weight is 346 g/mol. The summed E-state index contributed by atoms with van der Waals surface area (Å²) in [6.07, 6.45) is 1.10. The number of methoxy groups -OCH3 is 1. The molecule has 0 bridgehead atoms. The summed E-state index contributed by atoms with van der Waals surface area (Å²) in [5.41, 5.74) is 1.14. The van der Waals surface area contributed by atoms with Crippen molar-refractivity contribution in [1.29, 1.82) is 0 Å². The van der Waals surface area contributed by atoms with E-state index in [9.17, 15) is 0 Å². The standard InChI is InChI=1S/C19H27N3OS/c1-4-20-19(21-13-15(2)11-18-9-6-10-24-18)22-14-16-7-5-8-17(12-16)23-3/h5-10,12,15H,4,11,13-14H2,1-3H3,(H2,20,21,22). The normalized spacial score (nSPS) is 12.7. The van der Waals surface area contributed by atoms with Gasteiger partial charge in [-0.2, -0.15) is 0 Å². The molecule has 0 spiro atoms. The minimum absolute atomic E-state index is 0.560. The molecule has 0 amide bonds. The van der Waals surface area contributed by atoms with Gasteiger partial charge in [0.05, 0.1) is 13.7 Å². The molecule has 24 heavy (non-hydrogen) atoms. The average Bonchev–Trinajstić information content (AvgIpc) is 3.10. The minimum Gasteiger partial charge on any atom is -0.497 e. The van der Waals surface area contributed by atoms with Gasteiger partial charge in [0.1, 0.15) is 5.75 Å². The largest absolute Gasteiger partial charge is 0.497 e. The molecule has 1 aromatic heterocycles. The van der Waals surface area contributed by atoms with Gasteiger partial charge in [-0.3, -0.25) is 0 Å². The highest BCUT2D eigenvalue weighted by Gasteiger charge is 2.06. The van der Waals surface area contributed by atoms with E-state index in [0.717, 1.165) is 36.8 Å². The van der Waals surface area contributed by atoms with Gasteiger partial charge in [-0.25, -0.2) is 4.99 Å². The summed E-state index contributed by atoms with van der Waals surface area (Å²) in [7, 11) is 1.68. The van der Waals surface area contributed by atoms with Crippen molar-refractivity contribution in [2.45, 2.75) is 26.8 Å². The van der Waals surface area contributed by atoms with Crippen LogP contribution in [-0.4, -0.2) is 26.2 Å². The van der Waals surface area contributed by atoms with Crippen LogP contribution in [0.25, 0.3) is 0 Å². The Kier molecular flexibility index (Phi) is 7.62. The summed E-state index contributed by atoms with van der Waals surface area (Å²) in [5, 5.41) is 8.88. The van der Waals surface area contributed by atoms with Crippen LogP contribution in [0.3, 0.4) is 0 Å². The molecule has 0 saturated heterocycles. The Morgan fingerprint density at radius 3 is 2.83 bits per heavy atom. The van der Waals surface area contributed by atoms with Gasteiger partial charge in [0.15, 0.2) is 5.96 Å².